The molecule has 0 aliphatic heterocycles. The monoisotopic (exact) mass is 416 g/mol. The fraction of sp³-hybridized carbons (Fsp3) is 0.269. The van der Waals surface area contributed by atoms with Crippen molar-refractivity contribution in [3.8, 4) is 11.5 Å². The highest BCUT2D eigenvalue weighted by Crippen LogP contribution is 2.22. The van der Waals surface area contributed by atoms with Gasteiger partial charge in [-0.2, -0.15) is 0 Å². The standard InChI is InChI=1S/C26H28N2O3/c1-18-7-6-10-25(19(18)2)31-17-21(29)16-28-24-9-5-4-8-23(24)27-26(28)15-20-11-13-22(30-3)14-12-20/h4-14,21,29H,15-17H2,1-3H3. The van der Waals surface area contributed by atoms with Crippen LogP contribution in [0.1, 0.15) is 22.5 Å². The lowest BCUT2D eigenvalue weighted by Crippen LogP contribution is -2.25. The lowest BCUT2D eigenvalue weighted by atomic mass is 10.1. The predicted octanol–water partition coefficient (Wildman–Crippen LogP) is 4.69. The molecule has 0 spiro atoms. The van der Waals surface area contributed by atoms with Gasteiger partial charge in [-0.25, -0.2) is 4.98 Å². The van der Waals surface area contributed by atoms with Crippen molar-refractivity contribution >= 4 is 11.0 Å². The van der Waals surface area contributed by atoms with Crippen molar-refractivity contribution in [2.45, 2.75) is 32.9 Å². The molecular formula is C26H28N2O3. The molecule has 1 aromatic heterocycles. The van der Waals surface area contributed by atoms with Gasteiger partial charge in [0.15, 0.2) is 0 Å². The molecule has 31 heavy (non-hydrogen) atoms. The number of aromatic nitrogens is 2. The van der Waals surface area contributed by atoms with Crippen LogP contribution in [0.4, 0.5) is 0 Å². The van der Waals surface area contributed by atoms with Crippen molar-refractivity contribution in [2.24, 2.45) is 0 Å². The van der Waals surface area contributed by atoms with Gasteiger partial charge < -0.3 is 19.1 Å². The van der Waals surface area contributed by atoms with Gasteiger partial charge in [0.2, 0.25) is 0 Å². The normalized spacial score (nSPS) is 12.1. The molecule has 0 fully saturated rings. The lowest BCUT2D eigenvalue weighted by molar-refractivity contribution is 0.0924. The molecule has 1 N–H and O–H groups in total. The molecule has 0 bridgehead atoms. The maximum Gasteiger partial charge on any atom is 0.122 e. The van der Waals surface area contributed by atoms with Crippen LogP contribution in [0.25, 0.3) is 11.0 Å². The van der Waals surface area contributed by atoms with Crippen molar-refractivity contribution in [1.29, 1.82) is 0 Å². The molecule has 1 heterocycles. The average Bonchev–Trinajstić information content (AvgIpc) is 3.12. The smallest absolute Gasteiger partial charge is 0.122 e. The number of fused-ring (bicyclic) bond motifs is 1. The fourth-order valence-electron chi connectivity index (χ4n) is 3.72. The van der Waals surface area contributed by atoms with Crippen LogP contribution in [-0.2, 0) is 13.0 Å². The number of ether oxygens (including phenoxy) is 2. The van der Waals surface area contributed by atoms with E-state index in [2.05, 4.69) is 17.6 Å². The Labute approximate surface area is 182 Å². The second-order valence-electron chi connectivity index (χ2n) is 7.82. The Hall–Kier alpha value is -3.31. The van der Waals surface area contributed by atoms with E-state index in [4.69, 9.17) is 14.5 Å². The maximum absolute atomic E-state index is 10.8. The van der Waals surface area contributed by atoms with Gasteiger partial charge in [-0.15, -0.1) is 0 Å². The predicted molar refractivity (Wildman–Crippen MR) is 123 cm³/mol. The van der Waals surface area contributed by atoms with Gasteiger partial charge in [0.1, 0.15) is 30.0 Å². The summed E-state index contributed by atoms with van der Waals surface area (Å²) in [6.07, 6.45) is 0.00982. The summed E-state index contributed by atoms with van der Waals surface area (Å²) >= 11 is 0. The Balaban J connectivity index is 1.54. The summed E-state index contributed by atoms with van der Waals surface area (Å²) in [4.78, 5) is 4.83. The van der Waals surface area contributed by atoms with Crippen LogP contribution in [0.3, 0.4) is 0 Å². The van der Waals surface area contributed by atoms with Crippen molar-refractivity contribution < 1.29 is 14.6 Å². The average molecular weight is 417 g/mol. The highest BCUT2D eigenvalue weighted by atomic mass is 16.5. The first-order chi connectivity index (χ1) is 15.0. The van der Waals surface area contributed by atoms with Crippen LogP contribution >= 0.6 is 0 Å². The van der Waals surface area contributed by atoms with Crippen molar-refractivity contribution in [3.05, 3.63) is 89.2 Å². The highest BCUT2D eigenvalue weighted by Gasteiger charge is 2.16. The van der Waals surface area contributed by atoms with E-state index in [9.17, 15) is 5.11 Å². The quantitative estimate of drug-likeness (QED) is 0.453. The molecule has 0 saturated heterocycles. The lowest BCUT2D eigenvalue weighted by Gasteiger charge is -2.17. The minimum absolute atomic E-state index is 0.221. The van der Waals surface area contributed by atoms with Gasteiger partial charge >= 0.3 is 0 Å². The summed E-state index contributed by atoms with van der Waals surface area (Å²) < 4.78 is 13.3. The Morgan fingerprint density at radius 1 is 0.968 bits per heavy atom. The Kier molecular flexibility index (Phi) is 6.23. The summed E-state index contributed by atoms with van der Waals surface area (Å²) in [5.74, 6) is 2.56. The molecular weight excluding hydrogens is 388 g/mol. The second kappa shape index (κ2) is 9.23. The third-order valence-corrected chi connectivity index (χ3v) is 5.63. The van der Waals surface area contributed by atoms with Gasteiger partial charge in [0.25, 0.3) is 0 Å². The Morgan fingerprint density at radius 3 is 2.52 bits per heavy atom. The molecule has 1 unspecified atom stereocenters. The van der Waals surface area contributed by atoms with E-state index in [1.165, 1.54) is 5.56 Å². The van der Waals surface area contributed by atoms with Crippen molar-refractivity contribution in [2.75, 3.05) is 13.7 Å². The summed E-state index contributed by atoms with van der Waals surface area (Å²) in [6, 6.07) is 22.0. The topological polar surface area (TPSA) is 56.5 Å². The summed E-state index contributed by atoms with van der Waals surface area (Å²) in [5, 5.41) is 10.8. The van der Waals surface area contributed by atoms with Gasteiger partial charge in [0.05, 0.1) is 24.7 Å². The molecule has 0 aliphatic carbocycles. The minimum atomic E-state index is -0.660. The molecule has 3 aromatic carbocycles. The first kappa shape index (κ1) is 20.9. The van der Waals surface area contributed by atoms with E-state index in [1.807, 2.05) is 67.6 Å². The number of aliphatic hydroxyl groups excluding tert-OH is 1. The van der Waals surface area contributed by atoms with E-state index < -0.39 is 6.10 Å². The molecule has 1 atom stereocenters. The van der Waals surface area contributed by atoms with Crippen LogP contribution in [0.5, 0.6) is 11.5 Å². The van der Waals surface area contributed by atoms with Gasteiger partial charge in [-0.05, 0) is 60.9 Å². The van der Waals surface area contributed by atoms with E-state index >= 15 is 0 Å². The molecule has 5 nitrogen and oxygen atoms in total. The number of aliphatic hydroxyl groups is 1. The van der Waals surface area contributed by atoms with Gasteiger partial charge in [-0.3, -0.25) is 0 Å². The summed E-state index contributed by atoms with van der Waals surface area (Å²) in [5.41, 5.74) is 5.35. The van der Waals surface area contributed by atoms with E-state index in [1.54, 1.807) is 7.11 Å². The first-order valence-corrected chi connectivity index (χ1v) is 10.5. The largest absolute Gasteiger partial charge is 0.497 e. The molecule has 4 aromatic rings. The number of nitrogens with zero attached hydrogens (tertiary/aromatic N) is 2. The highest BCUT2D eigenvalue weighted by molar-refractivity contribution is 5.76. The molecule has 0 aliphatic rings. The number of methoxy groups -OCH3 is 1. The molecule has 0 radical (unpaired) electrons. The van der Waals surface area contributed by atoms with Crippen LogP contribution in [0.15, 0.2) is 66.7 Å². The zero-order valence-electron chi connectivity index (χ0n) is 18.2. The van der Waals surface area contributed by atoms with Crippen LogP contribution < -0.4 is 9.47 Å². The zero-order chi connectivity index (χ0) is 21.8. The molecule has 5 heteroatoms. The molecule has 0 amide bonds. The Bertz CT molecular complexity index is 1170. The van der Waals surface area contributed by atoms with Crippen molar-refractivity contribution in [1.82, 2.24) is 9.55 Å². The number of hydrogen-bond acceptors (Lipinski definition) is 4. The number of imidazole rings is 1. The zero-order valence-corrected chi connectivity index (χ0v) is 18.2. The molecule has 0 saturated carbocycles. The number of rotatable bonds is 8. The summed E-state index contributed by atoms with van der Waals surface area (Å²) in [6.45, 7) is 4.73. The third-order valence-electron chi connectivity index (χ3n) is 5.63. The number of hydrogen-bond donors (Lipinski definition) is 1. The number of aryl methyl sites for hydroxylation is 1. The number of benzene rings is 3. The molecule has 4 rings (SSSR count). The van der Waals surface area contributed by atoms with Gasteiger partial charge in [-0.1, -0.05) is 36.4 Å². The third kappa shape index (κ3) is 4.72. The van der Waals surface area contributed by atoms with Crippen molar-refractivity contribution in [3.63, 3.8) is 0 Å². The second-order valence-corrected chi connectivity index (χ2v) is 7.82. The molecule has 160 valence electrons. The fourth-order valence-corrected chi connectivity index (χ4v) is 3.72. The van der Waals surface area contributed by atoms with E-state index in [0.29, 0.717) is 13.0 Å². The van der Waals surface area contributed by atoms with Gasteiger partial charge in [0, 0.05) is 6.42 Å². The van der Waals surface area contributed by atoms with Crippen LogP contribution in [-0.4, -0.2) is 34.5 Å². The van der Waals surface area contributed by atoms with E-state index in [0.717, 1.165) is 39.5 Å². The SMILES string of the molecule is COc1ccc(Cc2nc3ccccc3n2CC(O)COc2cccc(C)c2C)cc1. The summed E-state index contributed by atoms with van der Waals surface area (Å²) in [7, 11) is 1.66. The van der Waals surface area contributed by atoms with Crippen LogP contribution in [0, 0.1) is 13.8 Å². The van der Waals surface area contributed by atoms with Crippen LogP contribution in [0.2, 0.25) is 0 Å². The number of para-hydroxylation sites is 2. The Morgan fingerprint density at radius 2 is 1.74 bits per heavy atom. The maximum atomic E-state index is 10.8. The minimum Gasteiger partial charge on any atom is -0.497 e. The first-order valence-electron chi connectivity index (χ1n) is 10.5. The van der Waals surface area contributed by atoms with E-state index in [-0.39, 0.29) is 6.61 Å².